The molecule has 14 aromatic rings. The highest BCUT2D eigenvalue weighted by molar-refractivity contribution is 6.26. The molecule has 0 radical (unpaired) electrons. The molecule has 0 atom stereocenters. The van der Waals surface area contributed by atoms with Crippen LogP contribution in [0.3, 0.4) is 0 Å². The Balaban J connectivity index is 1.12. The number of hydrogen-bond donors (Lipinski definition) is 0. The number of hydrogen-bond acceptors (Lipinski definition) is 0. The van der Waals surface area contributed by atoms with Crippen molar-refractivity contribution in [1.82, 2.24) is 9.13 Å². The summed E-state index contributed by atoms with van der Waals surface area (Å²) < 4.78 is 4.84. The molecule has 68 heavy (non-hydrogen) atoms. The number of aromatic nitrogens is 2. The molecule has 2 heteroatoms. The number of rotatable bonds is 6. The maximum absolute atomic E-state index is 2.50. The summed E-state index contributed by atoms with van der Waals surface area (Å²) in [5.74, 6) is 0. The van der Waals surface area contributed by atoms with Gasteiger partial charge in [0, 0.05) is 32.9 Å². The Labute approximate surface area is 393 Å². The summed E-state index contributed by atoms with van der Waals surface area (Å²) in [4.78, 5) is 0. The standard InChI is InChI=1S/C66H42N2/c1-4-19-43(20-5-1)45-40-39-44-21-14-30-52(57(44)41-45)64-53-31-15-28-48(50-33-17-37-62-65(50)55-26-10-12-35-60(55)67(62)46-22-6-2-7-23-46)58(53)42-59-49(29-16-32-54(59)64)51-34-18-38-63-66(51)56-27-11-13-36-61(56)68(63)47-24-8-3-9-25-47/h1-42H. The van der Waals surface area contributed by atoms with Crippen LogP contribution in [0, 0.1) is 0 Å². The smallest absolute Gasteiger partial charge is 0.0547 e. The highest BCUT2D eigenvalue weighted by Gasteiger charge is 2.23. The van der Waals surface area contributed by atoms with Gasteiger partial charge >= 0.3 is 0 Å². The number of para-hydroxylation sites is 4. The molecule has 12 aromatic carbocycles. The molecule has 0 bridgehead atoms. The lowest BCUT2D eigenvalue weighted by molar-refractivity contribution is 1.18. The van der Waals surface area contributed by atoms with Crippen molar-refractivity contribution >= 4 is 75.9 Å². The third-order valence-electron chi connectivity index (χ3n) is 14.3. The number of nitrogens with zero attached hydrogens (tertiary/aromatic N) is 2. The molecule has 0 N–H and O–H groups in total. The molecule has 0 aliphatic heterocycles. The van der Waals surface area contributed by atoms with E-state index in [1.165, 1.54) is 120 Å². The lowest BCUT2D eigenvalue weighted by Gasteiger charge is -2.19. The fraction of sp³-hybridized carbons (Fsp3) is 0. The van der Waals surface area contributed by atoms with Crippen LogP contribution in [-0.4, -0.2) is 9.13 Å². The highest BCUT2D eigenvalue weighted by atomic mass is 15.0. The molecule has 0 amide bonds. The van der Waals surface area contributed by atoms with Crippen molar-refractivity contribution in [3.05, 3.63) is 255 Å². The summed E-state index contributed by atoms with van der Waals surface area (Å²) in [6.45, 7) is 0. The van der Waals surface area contributed by atoms with E-state index < -0.39 is 0 Å². The second-order valence-electron chi connectivity index (χ2n) is 17.9. The minimum Gasteiger partial charge on any atom is -0.309 e. The molecule has 0 saturated carbocycles. The van der Waals surface area contributed by atoms with E-state index in [0.717, 1.165) is 11.4 Å². The predicted molar refractivity (Wildman–Crippen MR) is 289 cm³/mol. The van der Waals surface area contributed by atoms with Gasteiger partial charge in [0.2, 0.25) is 0 Å². The second kappa shape index (κ2) is 15.3. The van der Waals surface area contributed by atoms with Crippen LogP contribution >= 0.6 is 0 Å². The van der Waals surface area contributed by atoms with Crippen LogP contribution < -0.4 is 0 Å². The summed E-state index contributed by atoms with van der Waals surface area (Å²) in [6, 6.07) is 94.0. The summed E-state index contributed by atoms with van der Waals surface area (Å²) >= 11 is 0. The largest absolute Gasteiger partial charge is 0.309 e. The zero-order chi connectivity index (χ0) is 44.7. The fourth-order valence-electron chi connectivity index (χ4n) is 11.4. The molecule has 0 spiro atoms. The molecular weight excluding hydrogens is 821 g/mol. The quantitative estimate of drug-likeness (QED) is 0.147. The van der Waals surface area contributed by atoms with E-state index in [9.17, 15) is 0 Å². The average molecular weight is 863 g/mol. The Hall–Kier alpha value is -8.98. The van der Waals surface area contributed by atoms with Gasteiger partial charge in [-0.2, -0.15) is 0 Å². The zero-order valence-electron chi connectivity index (χ0n) is 37.1. The van der Waals surface area contributed by atoms with E-state index in [1.54, 1.807) is 0 Å². The fourth-order valence-corrected chi connectivity index (χ4v) is 11.4. The van der Waals surface area contributed by atoms with Gasteiger partial charge in [-0.1, -0.05) is 194 Å². The number of benzene rings is 12. The van der Waals surface area contributed by atoms with E-state index >= 15 is 0 Å². The summed E-state index contributed by atoms with van der Waals surface area (Å²) in [5.41, 5.74) is 16.8. The van der Waals surface area contributed by atoms with Crippen LogP contribution in [0.15, 0.2) is 255 Å². The third-order valence-corrected chi connectivity index (χ3v) is 14.3. The van der Waals surface area contributed by atoms with Crippen molar-refractivity contribution in [2.24, 2.45) is 0 Å². The lowest BCUT2D eigenvalue weighted by atomic mass is 9.84. The van der Waals surface area contributed by atoms with Crippen LogP contribution in [0.1, 0.15) is 0 Å². The molecule has 14 rings (SSSR count). The topological polar surface area (TPSA) is 9.86 Å². The first kappa shape index (κ1) is 38.3. The van der Waals surface area contributed by atoms with Gasteiger partial charge in [0.25, 0.3) is 0 Å². The van der Waals surface area contributed by atoms with Gasteiger partial charge in [-0.05, 0) is 137 Å². The van der Waals surface area contributed by atoms with Crippen molar-refractivity contribution in [3.63, 3.8) is 0 Å². The Bertz CT molecular complexity index is 4080. The molecule has 0 unspecified atom stereocenters. The Morgan fingerprint density at radius 2 is 0.647 bits per heavy atom. The average Bonchev–Trinajstić information content (AvgIpc) is 3.94. The van der Waals surface area contributed by atoms with Crippen LogP contribution in [0.4, 0.5) is 0 Å². The minimum absolute atomic E-state index is 1.15. The van der Waals surface area contributed by atoms with Gasteiger partial charge in [-0.25, -0.2) is 0 Å². The van der Waals surface area contributed by atoms with E-state index in [4.69, 9.17) is 0 Å². The summed E-state index contributed by atoms with van der Waals surface area (Å²) in [6.07, 6.45) is 0. The van der Waals surface area contributed by atoms with Crippen LogP contribution in [0.2, 0.25) is 0 Å². The van der Waals surface area contributed by atoms with E-state index in [2.05, 4.69) is 264 Å². The van der Waals surface area contributed by atoms with Crippen molar-refractivity contribution in [3.8, 4) is 55.9 Å². The van der Waals surface area contributed by atoms with Crippen LogP contribution in [-0.2, 0) is 0 Å². The van der Waals surface area contributed by atoms with Gasteiger partial charge in [0.05, 0.1) is 22.1 Å². The van der Waals surface area contributed by atoms with Gasteiger partial charge in [-0.15, -0.1) is 0 Å². The van der Waals surface area contributed by atoms with Gasteiger partial charge < -0.3 is 9.13 Å². The third kappa shape index (κ3) is 5.78. The molecule has 316 valence electrons. The van der Waals surface area contributed by atoms with Gasteiger partial charge in [-0.3, -0.25) is 0 Å². The van der Waals surface area contributed by atoms with E-state index in [0.29, 0.717) is 0 Å². The van der Waals surface area contributed by atoms with Crippen molar-refractivity contribution in [2.45, 2.75) is 0 Å². The Morgan fingerprint density at radius 3 is 1.21 bits per heavy atom. The van der Waals surface area contributed by atoms with Crippen molar-refractivity contribution in [1.29, 1.82) is 0 Å². The molecule has 2 heterocycles. The first-order valence-electron chi connectivity index (χ1n) is 23.5. The maximum Gasteiger partial charge on any atom is 0.0547 e. The molecule has 0 aliphatic carbocycles. The van der Waals surface area contributed by atoms with E-state index in [-0.39, 0.29) is 0 Å². The lowest BCUT2D eigenvalue weighted by Crippen LogP contribution is -1.94. The summed E-state index contributed by atoms with van der Waals surface area (Å²) in [7, 11) is 0. The molecule has 2 nitrogen and oxygen atoms in total. The molecule has 0 aliphatic rings. The van der Waals surface area contributed by atoms with Crippen molar-refractivity contribution < 1.29 is 0 Å². The van der Waals surface area contributed by atoms with Crippen LogP contribution in [0.25, 0.3) is 132 Å². The first-order valence-corrected chi connectivity index (χ1v) is 23.5. The van der Waals surface area contributed by atoms with E-state index in [1.807, 2.05) is 0 Å². The molecule has 0 fully saturated rings. The Morgan fingerprint density at radius 1 is 0.221 bits per heavy atom. The second-order valence-corrected chi connectivity index (χ2v) is 17.9. The molecular formula is C66H42N2. The monoisotopic (exact) mass is 862 g/mol. The summed E-state index contributed by atoms with van der Waals surface area (Å²) in [5, 5.41) is 12.4. The number of fused-ring (bicyclic) bond motifs is 9. The predicted octanol–water partition coefficient (Wildman–Crippen LogP) is 18.0. The van der Waals surface area contributed by atoms with Gasteiger partial charge in [0.15, 0.2) is 0 Å². The SMILES string of the molecule is c1ccc(-c2ccc3cccc(-c4c5cccc(-c6cccc7c6c6ccccc6n7-c6ccccc6)c5cc5c(-c6cccc7c6c6ccccc6n7-c6ccccc6)cccc45)c3c2)cc1. The van der Waals surface area contributed by atoms with Gasteiger partial charge in [0.1, 0.15) is 0 Å². The molecule has 0 saturated heterocycles. The highest BCUT2D eigenvalue weighted by Crippen LogP contribution is 2.49. The zero-order valence-corrected chi connectivity index (χ0v) is 37.1. The molecule has 2 aromatic heterocycles. The Kier molecular flexibility index (Phi) is 8.62. The van der Waals surface area contributed by atoms with Crippen molar-refractivity contribution in [2.75, 3.05) is 0 Å². The first-order chi connectivity index (χ1) is 33.8. The minimum atomic E-state index is 1.15. The maximum atomic E-state index is 2.50. The normalized spacial score (nSPS) is 11.8. The van der Waals surface area contributed by atoms with Crippen LogP contribution in [0.5, 0.6) is 0 Å².